The molecule has 0 atom stereocenters. The van der Waals surface area contributed by atoms with Gasteiger partial charge in [0, 0.05) is 19.2 Å². The summed E-state index contributed by atoms with van der Waals surface area (Å²) < 4.78 is 9.08. The molecule has 0 aliphatic carbocycles. The maximum Gasteiger partial charge on any atom is 0.267 e. The van der Waals surface area contributed by atoms with Crippen LogP contribution in [0.5, 0.6) is 5.88 Å². The van der Waals surface area contributed by atoms with Crippen molar-refractivity contribution in [2.75, 3.05) is 7.11 Å². The molecule has 0 bridgehead atoms. The average Bonchev–Trinajstić information content (AvgIpc) is 2.68. The number of aromatic nitrogens is 4. The molecule has 2 aromatic rings. The Balaban J connectivity index is 2.41. The molecule has 0 aliphatic rings. The van der Waals surface area contributed by atoms with Crippen molar-refractivity contribution in [1.29, 1.82) is 0 Å². The van der Waals surface area contributed by atoms with Crippen molar-refractivity contribution in [3.63, 3.8) is 0 Å². The number of methoxy groups -OCH3 is 1. The molecule has 0 spiro atoms. The van der Waals surface area contributed by atoms with Gasteiger partial charge in [-0.3, -0.25) is 9.48 Å². The summed E-state index contributed by atoms with van der Waals surface area (Å²) in [6.45, 7) is 2.38. The highest BCUT2D eigenvalue weighted by Gasteiger charge is 2.14. The lowest BCUT2D eigenvalue weighted by Gasteiger charge is -2.07. The first-order valence-corrected chi connectivity index (χ1v) is 6.68. The van der Waals surface area contributed by atoms with Crippen molar-refractivity contribution >= 4 is 15.9 Å². The van der Waals surface area contributed by atoms with Crippen LogP contribution in [0.15, 0.2) is 21.4 Å². The van der Waals surface area contributed by atoms with Gasteiger partial charge in [-0.15, -0.1) is 5.10 Å². The smallest absolute Gasteiger partial charge is 0.267 e. The van der Waals surface area contributed by atoms with Crippen molar-refractivity contribution in [3.05, 3.63) is 38.3 Å². The van der Waals surface area contributed by atoms with Crippen LogP contribution < -0.4 is 10.3 Å². The first-order valence-electron chi connectivity index (χ1n) is 5.89. The van der Waals surface area contributed by atoms with Crippen molar-refractivity contribution in [2.24, 2.45) is 7.05 Å². The molecule has 102 valence electrons. The predicted octanol–water partition coefficient (Wildman–Crippen LogP) is 1.36. The molecule has 6 nitrogen and oxygen atoms in total. The first-order chi connectivity index (χ1) is 9.06. The average molecular weight is 327 g/mol. The van der Waals surface area contributed by atoms with E-state index in [1.807, 2.05) is 14.0 Å². The van der Waals surface area contributed by atoms with Crippen LogP contribution in [0.4, 0.5) is 0 Å². The van der Waals surface area contributed by atoms with Crippen molar-refractivity contribution < 1.29 is 4.74 Å². The third-order valence-electron chi connectivity index (χ3n) is 2.85. The van der Waals surface area contributed by atoms with Gasteiger partial charge in [-0.1, -0.05) is 6.92 Å². The van der Waals surface area contributed by atoms with Gasteiger partial charge in [-0.25, -0.2) is 4.68 Å². The predicted molar refractivity (Wildman–Crippen MR) is 74.4 cm³/mol. The molecule has 0 aliphatic heterocycles. The highest BCUT2D eigenvalue weighted by molar-refractivity contribution is 9.10. The number of halogens is 1. The topological polar surface area (TPSA) is 61.9 Å². The Kier molecular flexibility index (Phi) is 4.04. The largest absolute Gasteiger partial charge is 0.480 e. The number of hydrogen-bond donors (Lipinski definition) is 0. The quantitative estimate of drug-likeness (QED) is 0.851. The van der Waals surface area contributed by atoms with Crippen LogP contribution in [0.25, 0.3) is 0 Å². The molecule has 0 unspecified atom stereocenters. The van der Waals surface area contributed by atoms with E-state index in [9.17, 15) is 4.79 Å². The highest BCUT2D eigenvalue weighted by atomic mass is 79.9. The minimum Gasteiger partial charge on any atom is -0.480 e. The molecule has 0 amide bonds. The van der Waals surface area contributed by atoms with Crippen LogP contribution in [-0.2, 0) is 20.0 Å². The zero-order valence-electron chi connectivity index (χ0n) is 11.1. The fraction of sp³-hybridized carbons (Fsp3) is 0.417. The minimum absolute atomic E-state index is 0.174. The van der Waals surface area contributed by atoms with Gasteiger partial charge in [0.25, 0.3) is 5.56 Å². The molecular formula is C12H15BrN4O2. The third kappa shape index (κ3) is 2.70. The van der Waals surface area contributed by atoms with E-state index < -0.39 is 0 Å². The summed E-state index contributed by atoms with van der Waals surface area (Å²) in [6, 6.07) is 2.99. The van der Waals surface area contributed by atoms with Crippen molar-refractivity contribution in [1.82, 2.24) is 19.6 Å². The molecule has 0 radical (unpaired) electrons. The summed E-state index contributed by atoms with van der Waals surface area (Å²) in [5, 5.41) is 8.52. The molecule has 2 rings (SSSR count). The second-order valence-corrected chi connectivity index (χ2v) is 4.85. The van der Waals surface area contributed by atoms with Crippen LogP contribution in [0, 0.1) is 0 Å². The Bertz CT molecular complexity index is 648. The standard InChI is InChI=1S/C12H15BrN4O2/c1-4-8-12(13)9(16(2)14-8)7-17-11(18)6-5-10(15-17)19-3/h5-6H,4,7H2,1-3H3. The summed E-state index contributed by atoms with van der Waals surface area (Å²) in [5.41, 5.74) is 1.69. The molecule has 0 saturated carbocycles. The summed E-state index contributed by atoms with van der Waals surface area (Å²) in [7, 11) is 3.37. The summed E-state index contributed by atoms with van der Waals surface area (Å²) in [5.74, 6) is 0.411. The molecule has 2 heterocycles. The molecule has 19 heavy (non-hydrogen) atoms. The number of hydrogen-bond acceptors (Lipinski definition) is 4. The molecular weight excluding hydrogens is 312 g/mol. The van der Waals surface area contributed by atoms with Gasteiger partial charge < -0.3 is 4.74 Å². The maximum absolute atomic E-state index is 11.8. The second kappa shape index (κ2) is 5.56. The van der Waals surface area contributed by atoms with E-state index in [2.05, 4.69) is 26.1 Å². The number of aryl methyl sites for hydroxylation is 2. The van der Waals surface area contributed by atoms with E-state index in [4.69, 9.17) is 4.74 Å². The molecule has 0 aromatic carbocycles. The Morgan fingerprint density at radius 2 is 2.11 bits per heavy atom. The monoisotopic (exact) mass is 326 g/mol. The van der Waals surface area contributed by atoms with Crippen LogP contribution in [-0.4, -0.2) is 26.7 Å². The van der Waals surface area contributed by atoms with Gasteiger partial charge in [-0.05, 0) is 22.4 Å². The Hall–Kier alpha value is -1.63. The zero-order valence-corrected chi connectivity index (χ0v) is 12.6. The zero-order chi connectivity index (χ0) is 14.0. The number of nitrogens with zero attached hydrogens (tertiary/aromatic N) is 4. The Labute approximate surface area is 119 Å². The number of rotatable bonds is 4. The van der Waals surface area contributed by atoms with Crippen molar-refractivity contribution in [3.8, 4) is 5.88 Å². The lowest BCUT2D eigenvalue weighted by molar-refractivity contribution is 0.377. The molecule has 2 aromatic heterocycles. The molecule has 0 N–H and O–H groups in total. The van der Waals surface area contributed by atoms with Gasteiger partial charge in [0.2, 0.25) is 5.88 Å². The van der Waals surface area contributed by atoms with Crippen molar-refractivity contribution in [2.45, 2.75) is 19.9 Å². The summed E-state index contributed by atoms with van der Waals surface area (Å²) in [6.07, 6.45) is 0.828. The van der Waals surface area contributed by atoms with E-state index in [-0.39, 0.29) is 5.56 Å². The fourth-order valence-electron chi connectivity index (χ4n) is 1.79. The van der Waals surface area contributed by atoms with E-state index in [1.54, 1.807) is 10.7 Å². The summed E-state index contributed by atoms with van der Waals surface area (Å²) in [4.78, 5) is 11.8. The fourth-order valence-corrected chi connectivity index (χ4v) is 2.53. The lowest BCUT2D eigenvalue weighted by atomic mass is 10.3. The van der Waals surface area contributed by atoms with Gasteiger partial charge in [-0.2, -0.15) is 5.10 Å². The van der Waals surface area contributed by atoms with Gasteiger partial charge >= 0.3 is 0 Å². The summed E-state index contributed by atoms with van der Waals surface area (Å²) >= 11 is 3.52. The SMILES string of the molecule is CCc1nn(C)c(Cn2nc(OC)ccc2=O)c1Br. The first kappa shape index (κ1) is 13.8. The van der Waals surface area contributed by atoms with Gasteiger partial charge in [0.05, 0.1) is 29.5 Å². The second-order valence-electron chi connectivity index (χ2n) is 4.06. The molecule has 0 fully saturated rings. The van der Waals surface area contributed by atoms with E-state index in [0.29, 0.717) is 12.4 Å². The van der Waals surface area contributed by atoms with E-state index in [0.717, 1.165) is 22.3 Å². The number of ether oxygens (including phenoxy) is 1. The van der Waals surface area contributed by atoms with E-state index >= 15 is 0 Å². The van der Waals surface area contributed by atoms with Crippen LogP contribution in [0.2, 0.25) is 0 Å². The van der Waals surface area contributed by atoms with Gasteiger partial charge in [0.15, 0.2) is 0 Å². The molecule has 7 heteroatoms. The van der Waals surface area contributed by atoms with Crippen LogP contribution >= 0.6 is 15.9 Å². The Morgan fingerprint density at radius 1 is 1.37 bits per heavy atom. The lowest BCUT2D eigenvalue weighted by Crippen LogP contribution is -2.23. The van der Waals surface area contributed by atoms with Crippen LogP contribution in [0.1, 0.15) is 18.3 Å². The van der Waals surface area contributed by atoms with Crippen LogP contribution in [0.3, 0.4) is 0 Å². The third-order valence-corrected chi connectivity index (χ3v) is 3.77. The van der Waals surface area contributed by atoms with Gasteiger partial charge in [0.1, 0.15) is 0 Å². The minimum atomic E-state index is -0.174. The maximum atomic E-state index is 11.8. The van der Waals surface area contributed by atoms with E-state index in [1.165, 1.54) is 17.9 Å². The Morgan fingerprint density at radius 3 is 2.68 bits per heavy atom. The normalized spacial score (nSPS) is 10.7. The molecule has 0 saturated heterocycles. The highest BCUT2D eigenvalue weighted by Crippen LogP contribution is 2.21.